The van der Waals surface area contributed by atoms with Crippen LogP contribution in [0.15, 0.2) is 54.7 Å². The first-order valence-electron chi connectivity index (χ1n) is 11.0. The summed E-state index contributed by atoms with van der Waals surface area (Å²) in [5.74, 6) is -1.55. The number of rotatable bonds is 8. The van der Waals surface area contributed by atoms with Gasteiger partial charge in [0.05, 0.1) is 11.6 Å². The highest BCUT2D eigenvalue weighted by Gasteiger charge is 2.33. The molecule has 4 aromatic rings. The molecule has 0 spiro atoms. The molecule has 2 aromatic heterocycles. The number of halogens is 3. The van der Waals surface area contributed by atoms with Gasteiger partial charge in [0.1, 0.15) is 40.5 Å². The molecule has 2 N–H and O–H groups in total. The fourth-order valence-electron chi connectivity index (χ4n) is 3.73. The largest absolute Gasteiger partial charge is 0.573 e. The smallest absolute Gasteiger partial charge is 0.500 e. The van der Waals surface area contributed by atoms with Crippen LogP contribution in [0.3, 0.4) is 0 Å². The fraction of sp³-hybridized carbons (Fsp3) is 0.167. The van der Waals surface area contributed by atoms with Gasteiger partial charge in [-0.1, -0.05) is 24.3 Å². The highest BCUT2D eigenvalue weighted by molar-refractivity contribution is 6.58. The van der Waals surface area contributed by atoms with Crippen LogP contribution in [0.25, 0.3) is 22.0 Å². The Morgan fingerprint density at radius 1 is 1.08 bits per heavy atom. The van der Waals surface area contributed by atoms with E-state index in [1.807, 2.05) is 0 Å². The second-order valence-corrected chi connectivity index (χ2v) is 8.30. The number of amides is 1. The Morgan fingerprint density at radius 2 is 1.82 bits per heavy atom. The number of aromatic nitrogens is 3. The summed E-state index contributed by atoms with van der Waals surface area (Å²) in [6.07, 6.45) is -2.90. The van der Waals surface area contributed by atoms with Crippen molar-refractivity contribution in [3.05, 3.63) is 71.5 Å². The molecule has 1 amide bonds. The number of nitrogens with zero attached hydrogens (tertiary/aromatic N) is 2. The van der Waals surface area contributed by atoms with Crippen molar-refractivity contribution in [1.29, 1.82) is 0 Å². The molecule has 0 aliphatic rings. The first kappa shape index (κ1) is 26.8. The van der Waals surface area contributed by atoms with Crippen LogP contribution in [0.4, 0.5) is 13.2 Å². The number of aromatic amines is 1. The number of H-pyrrole nitrogens is 1. The highest BCUT2D eigenvalue weighted by Crippen LogP contribution is 2.32. The van der Waals surface area contributed by atoms with Gasteiger partial charge in [0, 0.05) is 22.7 Å². The average Bonchev–Trinajstić information content (AvgIpc) is 3.25. The maximum absolute atomic E-state index is 13.3. The molecule has 2 aromatic carbocycles. The van der Waals surface area contributed by atoms with E-state index in [-0.39, 0.29) is 17.0 Å². The molecule has 0 aliphatic carbocycles. The molecule has 2 heterocycles. The van der Waals surface area contributed by atoms with E-state index in [4.69, 9.17) is 28.3 Å². The summed E-state index contributed by atoms with van der Waals surface area (Å²) in [6, 6.07) is 10.9. The van der Waals surface area contributed by atoms with Crippen molar-refractivity contribution < 1.29 is 32.2 Å². The lowest BCUT2D eigenvalue weighted by molar-refractivity contribution is -0.275. The van der Waals surface area contributed by atoms with E-state index < -0.39 is 29.4 Å². The number of alkyl halides is 3. The molecule has 0 saturated heterocycles. The van der Waals surface area contributed by atoms with E-state index in [9.17, 15) is 22.8 Å². The zero-order chi connectivity index (χ0) is 27.7. The van der Waals surface area contributed by atoms with E-state index in [2.05, 4.69) is 25.2 Å². The van der Waals surface area contributed by atoms with Crippen LogP contribution in [0, 0.1) is 0 Å². The third kappa shape index (κ3) is 6.19. The number of nitrogens with one attached hydrogen (secondary N) is 2. The molecule has 6 radical (unpaired) electrons. The van der Waals surface area contributed by atoms with Crippen LogP contribution in [-0.2, 0) is 0 Å². The Labute approximate surface area is 218 Å². The van der Waals surface area contributed by atoms with Gasteiger partial charge in [0.25, 0.3) is 5.91 Å². The molecule has 0 saturated carbocycles. The summed E-state index contributed by atoms with van der Waals surface area (Å²) in [4.78, 5) is 28.6. The van der Waals surface area contributed by atoms with Crippen LogP contribution in [0.1, 0.15) is 39.4 Å². The zero-order valence-electron chi connectivity index (χ0n) is 19.7. The number of ether oxygens (including phenoxy) is 2. The number of hydrogen-bond donors (Lipinski definition) is 2. The number of para-hydroxylation sites is 1. The van der Waals surface area contributed by atoms with Crippen LogP contribution < -0.4 is 14.8 Å². The van der Waals surface area contributed by atoms with Crippen LogP contribution in [0.5, 0.6) is 11.6 Å². The number of aldehydes is 1. The summed E-state index contributed by atoms with van der Waals surface area (Å²) in [7, 11) is 16.6. The van der Waals surface area contributed by atoms with Gasteiger partial charge in [-0.05, 0) is 42.1 Å². The predicted molar refractivity (Wildman–Crippen MR) is 134 cm³/mol. The third-order valence-electron chi connectivity index (χ3n) is 5.36. The predicted octanol–water partition coefficient (Wildman–Crippen LogP) is 3.32. The lowest BCUT2D eigenvalue weighted by Gasteiger charge is -2.25. The Morgan fingerprint density at radius 3 is 2.50 bits per heavy atom. The van der Waals surface area contributed by atoms with Crippen LogP contribution in [0.2, 0.25) is 0 Å². The summed E-state index contributed by atoms with van der Waals surface area (Å²) in [5, 5.41) is 7.73. The van der Waals surface area contributed by atoms with Crippen molar-refractivity contribution in [2.75, 3.05) is 0 Å². The lowest BCUT2D eigenvalue weighted by Crippen LogP contribution is -2.39. The maximum atomic E-state index is 13.3. The van der Waals surface area contributed by atoms with Gasteiger partial charge in [-0.15, -0.1) is 13.2 Å². The van der Waals surface area contributed by atoms with Gasteiger partial charge in [-0.2, -0.15) is 5.10 Å². The normalized spacial score (nSPS) is 12.6. The molecule has 14 heteroatoms. The number of benzene rings is 2. The number of fused-ring (bicyclic) bond motifs is 1. The fourth-order valence-corrected chi connectivity index (χ4v) is 3.73. The third-order valence-corrected chi connectivity index (χ3v) is 5.36. The second kappa shape index (κ2) is 10.3. The van der Waals surface area contributed by atoms with E-state index in [0.717, 1.165) is 6.07 Å². The monoisotopic (exact) mass is 514 g/mol. The molecular weight excluding hydrogens is 498 g/mol. The minimum absolute atomic E-state index is 0.0746. The summed E-state index contributed by atoms with van der Waals surface area (Å²) in [5.41, 5.74) is 1.77. The number of hydrogen-bond acceptors (Lipinski definition) is 6. The Hall–Kier alpha value is -4.22. The second-order valence-electron chi connectivity index (χ2n) is 8.30. The van der Waals surface area contributed by atoms with Crippen LogP contribution in [-0.4, -0.2) is 62.6 Å². The molecule has 8 nitrogen and oxygen atoms in total. The van der Waals surface area contributed by atoms with E-state index in [1.165, 1.54) is 37.4 Å². The van der Waals surface area contributed by atoms with Gasteiger partial charge >= 0.3 is 6.36 Å². The van der Waals surface area contributed by atoms with Crippen molar-refractivity contribution in [3.63, 3.8) is 0 Å². The summed E-state index contributed by atoms with van der Waals surface area (Å²) < 4.78 is 47.9. The van der Waals surface area contributed by atoms with Crippen molar-refractivity contribution in [1.82, 2.24) is 20.5 Å². The average molecular weight is 514 g/mol. The molecular formula is C24H16B3F3N4O4. The number of pyridine rings is 1. The topological polar surface area (TPSA) is 106 Å². The maximum Gasteiger partial charge on any atom is 0.573 e. The molecule has 4 rings (SSSR count). The quantitative estimate of drug-likeness (QED) is 0.276. The first-order chi connectivity index (χ1) is 17.8. The molecule has 0 bridgehead atoms. The van der Waals surface area contributed by atoms with Gasteiger partial charge in [-0.25, -0.2) is 4.98 Å². The van der Waals surface area contributed by atoms with Gasteiger partial charge in [0.2, 0.25) is 5.88 Å². The van der Waals surface area contributed by atoms with E-state index in [0.29, 0.717) is 34.0 Å². The molecule has 186 valence electrons. The minimum Gasteiger partial charge on any atom is -0.500 e. The van der Waals surface area contributed by atoms with Gasteiger partial charge in [-0.3, -0.25) is 14.7 Å². The van der Waals surface area contributed by atoms with Crippen molar-refractivity contribution in [2.45, 2.75) is 24.6 Å². The number of carbonyl (C=O) groups excluding carboxylic acids is 2. The summed E-state index contributed by atoms with van der Waals surface area (Å²) in [6.45, 7) is 1.48. The SMILES string of the molecule is [B]C([B])([B])Oc1ncc(-c2ccc3c(C=O)[nH]nc3c2)cc1C(=O)NC(C)c1ccccc1OC(F)(F)F. The first-order valence-corrected chi connectivity index (χ1v) is 11.0. The standard InChI is InChI=1S/C24H16B3F3N4O4/c1-12(15-4-2-3-5-20(15)37-24(28,29)30)32-21(36)17-8-14(10-31-22(17)38-23(25,26)27)13-6-7-16-18(9-13)33-34-19(16)11-35/h2-12H,1H3,(H,32,36)(H,33,34). The number of carbonyl (C=O) groups is 2. The summed E-state index contributed by atoms with van der Waals surface area (Å²) >= 11 is 0. The Balaban J connectivity index is 1.69. The Bertz CT molecular complexity index is 1510. The molecule has 0 fully saturated rings. The molecule has 1 atom stereocenters. The highest BCUT2D eigenvalue weighted by atomic mass is 19.4. The van der Waals surface area contributed by atoms with E-state index >= 15 is 0 Å². The molecule has 0 aliphatic heterocycles. The van der Waals surface area contributed by atoms with Crippen molar-refractivity contribution in [2.24, 2.45) is 0 Å². The Kier molecular flexibility index (Phi) is 7.25. The van der Waals surface area contributed by atoms with Crippen molar-refractivity contribution in [3.8, 4) is 22.8 Å². The van der Waals surface area contributed by atoms with Crippen molar-refractivity contribution >= 4 is 46.6 Å². The van der Waals surface area contributed by atoms with Gasteiger partial charge < -0.3 is 14.8 Å². The molecule has 38 heavy (non-hydrogen) atoms. The molecule has 1 unspecified atom stereocenters. The van der Waals surface area contributed by atoms with Crippen LogP contribution >= 0.6 is 0 Å². The lowest BCUT2D eigenvalue weighted by atomic mass is 9.52. The van der Waals surface area contributed by atoms with Gasteiger partial charge in [0.15, 0.2) is 6.29 Å². The van der Waals surface area contributed by atoms with E-state index in [1.54, 1.807) is 18.2 Å². The zero-order valence-corrected chi connectivity index (χ0v) is 19.7. The minimum atomic E-state index is -4.92.